The summed E-state index contributed by atoms with van der Waals surface area (Å²) < 4.78 is 0. The van der Waals surface area contributed by atoms with Crippen LogP contribution in [0.3, 0.4) is 0 Å². The fourth-order valence-corrected chi connectivity index (χ4v) is 3.93. The molecule has 1 nitrogen and oxygen atoms in total. The van der Waals surface area contributed by atoms with E-state index in [2.05, 4.69) is 32.2 Å². The van der Waals surface area contributed by atoms with Gasteiger partial charge in [0.05, 0.1) is 0 Å². The van der Waals surface area contributed by atoms with Gasteiger partial charge in [0.25, 0.3) is 0 Å². The first kappa shape index (κ1) is 11.2. The highest BCUT2D eigenvalue weighted by molar-refractivity contribution is 7.10. The van der Waals surface area contributed by atoms with E-state index in [1.54, 1.807) is 4.88 Å². The average Bonchev–Trinajstić information content (AvgIpc) is 2.56. The van der Waals surface area contributed by atoms with E-state index in [1.165, 1.54) is 18.4 Å². The van der Waals surface area contributed by atoms with Crippen LogP contribution in [-0.4, -0.2) is 6.04 Å². The number of nitrogens with two attached hydrogens (primary N) is 1. The zero-order valence-corrected chi connectivity index (χ0v) is 10.7. The van der Waals surface area contributed by atoms with E-state index in [0.29, 0.717) is 17.4 Å². The molecule has 0 spiro atoms. The Bertz CT molecular complexity index is 340. The third-order valence-electron chi connectivity index (χ3n) is 3.86. The van der Waals surface area contributed by atoms with Crippen LogP contribution in [0.5, 0.6) is 0 Å². The molecule has 84 valence electrons. The summed E-state index contributed by atoms with van der Waals surface area (Å²) in [7, 11) is 0. The molecule has 1 aliphatic carbocycles. The Morgan fingerprint density at radius 2 is 2.20 bits per heavy atom. The number of rotatable bonds is 1. The molecule has 2 atom stereocenters. The lowest BCUT2D eigenvalue weighted by Crippen LogP contribution is -2.36. The Balaban J connectivity index is 2.29. The summed E-state index contributed by atoms with van der Waals surface area (Å²) in [5.41, 5.74) is 7.98. The third-order valence-corrected chi connectivity index (χ3v) is 4.99. The Labute approximate surface area is 96.7 Å². The second kappa shape index (κ2) is 3.91. The smallest absolute Gasteiger partial charge is 0.0111 e. The van der Waals surface area contributed by atoms with Crippen LogP contribution >= 0.6 is 11.3 Å². The highest BCUT2D eigenvalue weighted by Crippen LogP contribution is 2.48. The maximum Gasteiger partial charge on any atom is 0.0111 e. The number of aryl methyl sites for hydroxylation is 1. The minimum atomic E-state index is 0.407. The lowest BCUT2D eigenvalue weighted by molar-refractivity contribution is 0.185. The first-order valence-corrected chi connectivity index (χ1v) is 6.68. The summed E-state index contributed by atoms with van der Waals surface area (Å²) in [5.74, 6) is 0.668. The Hall–Kier alpha value is -0.340. The predicted molar refractivity (Wildman–Crippen MR) is 67.4 cm³/mol. The molecule has 1 fully saturated rings. The van der Waals surface area contributed by atoms with Crippen molar-refractivity contribution >= 4 is 11.3 Å². The molecule has 2 heteroatoms. The van der Waals surface area contributed by atoms with Gasteiger partial charge in [-0.25, -0.2) is 0 Å². The molecule has 2 rings (SSSR count). The van der Waals surface area contributed by atoms with Crippen LogP contribution in [0.2, 0.25) is 0 Å². The quantitative estimate of drug-likeness (QED) is 0.772. The van der Waals surface area contributed by atoms with Crippen LogP contribution in [0.25, 0.3) is 0 Å². The van der Waals surface area contributed by atoms with Crippen molar-refractivity contribution in [1.82, 2.24) is 0 Å². The molecule has 1 aliphatic rings. The monoisotopic (exact) mass is 223 g/mol. The van der Waals surface area contributed by atoms with Gasteiger partial charge in [-0.2, -0.15) is 0 Å². The van der Waals surface area contributed by atoms with Crippen LogP contribution in [0.1, 0.15) is 49.5 Å². The van der Waals surface area contributed by atoms with Crippen molar-refractivity contribution in [1.29, 1.82) is 0 Å². The molecule has 2 unspecified atom stereocenters. The van der Waals surface area contributed by atoms with Crippen LogP contribution in [0.15, 0.2) is 11.4 Å². The molecule has 1 saturated carbocycles. The van der Waals surface area contributed by atoms with E-state index in [4.69, 9.17) is 5.73 Å². The number of hydrogen-bond donors (Lipinski definition) is 1. The van der Waals surface area contributed by atoms with E-state index in [0.717, 1.165) is 6.42 Å². The van der Waals surface area contributed by atoms with Crippen molar-refractivity contribution in [3.63, 3.8) is 0 Å². The number of hydrogen-bond acceptors (Lipinski definition) is 2. The van der Waals surface area contributed by atoms with Crippen molar-refractivity contribution in [2.45, 2.75) is 52.0 Å². The first-order chi connectivity index (χ1) is 7.00. The summed E-state index contributed by atoms with van der Waals surface area (Å²) in [6.45, 7) is 7.01. The molecule has 0 saturated heterocycles. The van der Waals surface area contributed by atoms with Crippen molar-refractivity contribution in [2.75, 3.05) is 0 Å². The largest absolute Gasteiger partial charge is 0.328 e. The Morgan fingerprint density at radius 3 is 2.80 bits per heavy atom. The summed E-state index contributed by atoms with van der Waals surface area (Å²) in [5, 5.41) is 2.21. The van der Waals surface area contributed by atoms with Crippen LogP contribution in [-0.2, 0) is 0 Å². The van der Waals surface area contributed by atoms with Crippen molar-refractivity contribution in [3.05, 3.63) is 21.9 Å². The molecule has 0 aromatic carbocycles. The highest BCUT2D eigenvalue weighted by atomic mass is 32.1. The summed E-state index contributed by atoms with van der Waals surface area (Å²) in [6.07, 6.45) is 3.61. The molecule has 0 aliphatic heterocycles. The van der Waals surface area contributed by atoms with E-state index in [9.17, 15) is 0 Å². The zero-order chi connectivity index (χ0) is 11.1. The topological polar surface area (TPSA) is 26.0 Å². The van der Waals surface area contributed by atoms with Gasteiger partial charge in [-0.05, 0) is 48.6 Å². The van der Waals surface area contributed by atoms with E-state index >= 15 is 0 Å². The molecular weight excluding hydrogens is 202 g/mol. The molecule has 1 aromatic rings. The van der Waals surface area contributed by atoms with Crippen molar-refractivity contribution in [2.24, 2.45) is 11.1 Å². The summed E-state index contributed by atoms with van der Waals surface area (Å²) in [4.78, 5) is 1.56. The normalized spacial score (nSPS) is 30.4. The standard InChI is InChI=1S/C13H21NS/c1-9-5-7-15-12(9)11-8-10(14)4-6-13(11,2)3/h5,7,10-11H,4,6,8,14H2,1-3H3. The molecule has 1 aromatic heterocycles. The predicted octanol–water partition coefficient (Wildman–Crippen LogP) is 3.68. The van der Waals surface area contributed by atoms with Crippen molar-refractivity contribution in [3.8, 4) is 0 Å². The first-order valence-electron chi connectivity index (χ1n) is 5.80. The molecule has 0 amide bonds. The maximum absolute atomic E-state index is 6.11. The fourth-order valence-electron chi connectivity index (χ4n) is 2.67. The van der Waals surface area contributed by atoms with Gasteiger partial charge < -0.3 is 5.73 Å². The molecule has 0 radical (unpaired) electrons. The van der Waals surface area contributed by atoms with Gasteiger partial charge in [-0.15, -0.1) is 11.3 Å². The lowest BCUT2D eigenvalue weighted by atomic mass is 9.66. The molecular formula is C13H21NS. The molecule has 0 bridgehead atoms. The SMILES string of the molecule is Cc1ccsc1C1CC(N)CCC1(C)C. The second-order valence-electron chi connectivity index (χ2n) is 5.54. The minimum Gasteiger partial charge on any atom is -0.328 e. The van der Waals surface area contributed by atoms with E-state index in [-0.39, 0.29) is 0 Å². The average molecular weight is 223 g/mol. The van der Waals surface area contributed by atoms with Crippen LogP contribution < -0.4 is 5.73 Å². The van der Waals surface area contributed by atoms with Gasteiger partial charge in [0.1, 0.15) is 0 Å². The van der Waals surface area contributed by atoms with E-state index < -0.39 is 0 Å². The maximum atomic E-state index is 6.11. The van der Waals surface area contributed by atoms with E-state index in [1.807, 2.05) is 11.3 Å². The second-order valence-corrected chi connectivity index (χ2v) is 6.49. The van der Waals surface area contributed by atoms with Crippen molar-refractivity contribution < 1.29 is 0 Å². The van der Waals surface area contributed by atoms with Gasteiger partial charge in [0.15, 0.2) is 0 Å². The summed E-state index contributed by atoms with van der Waals surface area (Å²) >= 11 is 1.90. The van der Waals surface area contributed by atoms with Gasteiger partial charge >= 0.3 is 0 Å². The Morgan fingerprint density at radius 1 is 1.47 bits per heavy atom. The van der Waals surface area contributed by atoms with Gasteiger partial charge in [-0.3, -0.25) is 0 Å². The lowest BCUT2D eigenvalue weighted by Gasteiger charge is -2.41. The highest BCUT2D eigenvalue weighted by Gasteiger charge is 2.37. The third kappa shape index (κ3) is 2.11. The summed E-state index contributed by atoms with van der Waals surface area (Å²) in [6, 6.07) is 2.64. The van der Waals surface area contributed by atoms with Gasteiger partial charge in [-0.1, -0.05) is 13.8 Å². The van der Waals surface area contributed by atoms with Crippen LogP contribution in [0.4, 0.5) is 0 Å². The molecule has 15 heavy (non-hydrogen) atoms. The minimum absolute atomic E-state index is 0.407. The van der Waals surface area contributed by atoms with Gasteiger partial charge in [0, 0.05) is 16.8 Å². The molecule has 1 heterocycles. The fraction of sp³-hybridized carbons (Fsp3) is 0.692. The molecule has 2 N–H and O–H groups in total. The van der Waals surface area contributed by atoms with Crippen LogP contribution in [0, 0.1) is 12.3 Å². The zero-order valence-electron chi connectivity index (χ0n) is 9.92. The Kier molecular flexibility index (Phi) is 2.91. The van der Waals surface area contributed by atoms with Gasteiger partial charge in [0.2, 0.25) is 0 Å². The number of thiophene rings is 1.